The number of H-pyrrole nitrogens is 1. The maximum Gasteiger partial charge on any atom is 0.337 e. The number of carbonyl (C=O) groups excluding carboxylic acids is 1. The Morgan fingerprint density at radius 1 is 1.61 bits per heavy atom. The highest BCUT2D eigenvalue weighted by molar-refractivity contribution is 5.91. The van der Waals surface area contributed by atoms with Crippen LogP contribution < -0.4 is 10.1 Å². The standard InChI is InChI=1S/C11H18N4O3/c1-3-8-7(5-6-18-8)9(16)12-10-13-11(15-14-10)17-4-2/h7-8H,3-6H2,1-2H3,(H2,12,13,14,15,16). The van der Waals surface area contributed by atoms with Gasteiger partial charge in [-0.1, -0.05) is 6.92 Å². The molecule has 7 heteroatoms. The third-order valence-electron chi connectivity index (χ3n) is 2.93. The number of rotatable bonds is 5. The van der Waals surface area contributed by atoms with Crippen molar-refractivity contribution in [3.8, 4) is 6.01 Å². The summed E-state index contributed by atoms with van der Waals surface area (Å²) in [5, 5.41) is 9.14. The zero-order chi connectivity index (χ0) is 13.0. The molecule has 0 aromatic carbocycles. The minimum Gasteiger partial charge on any atom is -0.463 e. The molecule has 1 aromatic heterocycles. The summed E-state index contributed by atoms with van der Waals surface area (Å²) in [6.45, 7) is 4.98. The predicted octanol–water partition coefficient (Wildman–Crippen LogP) is 0.957. The normalized spacial score (nSPS) is 23.0. The first-order valence-electron chi connectivity index (χ1n) is 6.22. The number of nitrogens with zero attached hydrogens (tertiary/aromatic N) is 2. The van der Waals surface area contributed by atoms with Crippen molar-refractivity contribution in [1.29, 1.82) is 0 Å². The zero-order valence-electron chi connectivity index (χ0n) is 10.6. The Hall–Kier alpha value is -1.63. The molecule has 100 valence electrons. The van der Waals surface area contributed by atoms with E-state index in [0.717, 1.165) is 12.8 Å². The molecule has 2 rings (SSSR count). The second kappa shape index (κ2) is 5.81. The molecule has 0 spiro atoms. The van der Waals surface area contributed by atoms with Crippen LogP contribution in [0.2, 0.25) is 0 Å². The zero-order valence-corrected chi connectivity index (χ0v) is 10.6. The molecule has 0 radical (unpaired) electrons. The summed E-state index contributed by atoms with van der Waals surface area (Å²) < 4.78 is 10.6. The first-order valence-corrected chi connectivity index (χ1v) is 6.22. The van der Waals surface area contributed by atoms with Crippen molar-refractivity contribution in [2.24, 2.45) is 5.92 Å². The van der Waals surface area contributed by atoms with E-state index in [-0.39, 0.29) is 23.9 Å². The minimum absolute atomic E-state index is 0.000663. The van der Waals surface area contributed by atoms with Gasteiger partial charge < -0.3 is 9.47 Å². The van der Waals surface area contributed by atoms with E-state index >= 15 is 0 Å². The summed E-state index contributed by atoms with van der Waals surface area (Å²) >= 11 is 0. The lowest BCUT2D eigenvalue weighted by Crippen LogP contribution is -2.29. The number of amides is 1. The minimum atomic E-state index is -0.115. The molecule has 1 aliphatic rings. The van der Waals surface area contributed by atoms with Gasteiger partial charge in [0.15, 0.2) is 0 Å². The fraction of sp³-hybridized carbons (Fsp3) is 0.727. The second-order valence-electron chi connectivity index (χ2n) is 4.10. The molecule has 1 aliphatic heterocycles. The average Bonchev–Trinajstić information content (AvgIpc) is 2.98. The molecule has 2 heterocycles. The first-order chi connectivity index (χ1) is 8.74. The van der Waals surface area contributed by atoms with Crippen molar-refractivity contribution in [2.75, 3.05) is 18.5 Å². The summed E-state index contributed by atoms with van der Waals surface area (Å²) in [7, 11) is 0. The van der Waals surface area contributed by atoms with Crippen molar-refractivity contribution in [3.05, 3.63) is 0 Å². The Morgan fingerprint density at radius 3 is 3.17 bits per heavy atom. The van der Waals surface area contributed by atoms with Crippen molar-refractivity contribution < 1.29 is 14.3 Å². The van der Waals surface area contributed by atoms with Crippen LogP contribution >= 0.6 is 0 Å². The van der Waals surface area contributed by atoms with Crippen LogP contribution in [0.3, 0.4) is 0 Å². The van der Waals surface area contributed by atoms with Crippen LogP contribution in [0.1, 0.15) is 26.7 Å². The predicted molar refractivity (Wildman–Crippen MR) is 64.3 cm³/mol. The molecular weight excluding hydrogens is 236 g/mol. The molecule has 2 N–H and O–H groups in total. The van der Waals surface area contributed by atoms with Gasteiger partial charge in [0.25, 0.3) is 0 Å². The summed E-state index contributed by atoms with van der Waals surface area (Å²) in [6, 6.07) is 0.238. The molecule has 2 atom stereocenters. The number of aromatic amines is 1. The Labute approximate surface area is 105 Å². The van der Waals surface area contributed by atoms with Gasteiger partial charge in [0.2, 0.25) is 11.9 Å². The van der Waals surface area contributed by atoms with E-state index in [1.54, 1.807) is 0 Å². The van der Waals surface area contributed by atoms with E-state index in [1.165, 1.54) is 0 Å². The third-order valence-corrected chi connectivity index (χ3v) is 2.93. The van der Waals surface area contributed by atoms with Gasteiger partial charge in [-0.25, -0.2) is 5.10 Å². The van der Waals surface area contributed by atoms with Gasteiger partial charge >= 0.3 is 6.01 Å². The van der Waals surface area contributed by atoms with Crippen LogP contribution in [0.4, 0.5) is 5.95 Å². The summed E-state index contributed by atoms with van der Waals surface area (Å²) in [6.07, 6.45) is 1.58. The molecule has 0 saturated carbocycles. The molecule has 1 aromatic rings. The number of ether oxygens (including phenoxy) is 2. The lowest BCUT2D eigenvalue weighted by Gasteiger charge is -2.14. The summed E-state index contributed by atoms with van der Waals surface area (Å²) in [5.41, 5.74) is 0. The van der Waals surface area contributed by atoms with Crippen molar-refractivity contribution in [3.63, 3.8) is 0 Å². The van der Waals surface area contributed by atoms with E-state index in [9.17, 15) is 4.79 Å². The smallest absolute Gasteiger partial charge is 0.337 e. The van der Waals surface area contributed by atoms with Crippen LogP contribution in [-0.4, -0.2) is 40.4 Å². The van der Waals surface area contributed by atoms with E-state index in [2.05, 4.69) is 20.5 Å². The van der Waals surface area contributed by atoms with Gasteiger partial charge in [0, 0.05) is 6.61 Å². The van der Waals surface area contributed by atoms with Crippen LogP contribution in [0.25, 0.3) is 0 Å². The van der Waals surface area contributed by atoms with Crippen molar-refractivity contribution >= 4 is 11.9 Å². The summed E-state index contributed by atoms with van der Waals surface area (Å²) in [4.78, 5) is 16.0. The van der Waals surface area contributed by atoms with Gasteiger partial charge in [0.05, 0.1) is 18.6 Å². The van der Waals surface area contributed by atoms with Gasteiger partial charge in [-0.2, -0.15) is 4.98 Å². The average molecular weight is 254 g/mol. The quantitative estimate of drug-likeness (QED) is 0.816. The molecule has 1 amide bonds. The van der Waals surface area contributed by atoms with E-state index in [4.69, 9.17) is 9.47 Å². The van der Waals surface area contributed by atoms with Crippen molar-refractivity contribution in [2.45, 2.75) is 32.8 Å². The third kappa shape index (κ3) is 2.79. The molecule has 1 fully saturated rings. The van der Waals surface area contributed by atoms with E-state index in [1.807, 2.05) is 13.8 Å². The fourth-order valence-corrected chi connectivity index (χ4v) is 2.06. The number of hydrogen-bond donors (Lipinski definition) is 2. The molecule has 18 heavy (non-hydrogen) atoms. The molecule has 7 nitrogen and oxygen atoms in total. The lowest BCUT2D eigenvalue weighted by molar-refractivity contribution is -0.121. The van der Waals surface area contributed by atoms with E-state index in [0.29, 0.717) is 19.2 Å². The maximum atomic E-state index is 12.0. The SMILES string of the molecule is CCOc1n[nH]c(NC(=O)C2CCOC2CC)n1. The summed E-state index contributed by atoms with van der Waals surface area (Å²) in [5.74, 6) is 0.111. The number of nitrogens with one attached hydrogen (secondary N) is 2. The second-order valence-corrected chi connectivity index (χ2v) is 4.10. The van der Waals surface area contributed by atoms with Gasteiger partial charge in [-0.15, -0.1) is 5.10 Å². The number of aromatic nitrogens is 3. The highest BCUT2D eigenvalue weighted by atomic mass is 16.5. The highest BCUT2D eigenvalue weighted by Gasteiger charge is 2.33. The molecule has 0 bridgehead atoms. The van der Waals surface area contributed by atoms with E-state index < -0.39 is 0 Å². The van der Waals surface area contributed by atoms with Crippen LogP contribution in [-0.2, 0) is 9.53 Å². The highest BCUT2D eigenvalue weighted by Crippen LogP contribution is 2.24. The lowest BCUT2D eigenvalue weighted by atomic mass is 9.99. The van der Waals surface area contributed by atoms with Crippen LogP contribution in [0.15, 0.2) is 0 Å². The number of anilines is 1. The monoisotopic (exact) mass is 254 g/mol. The Morgan fingerprint density at radius 2 is 2.44 bits per heavy atom. The van der Waals surface area contributed by atoms with Crippen molar-refractivity contribution in [1.82, 2.24) is 15.2 Å². The molecule has 0 aliphatic carbocycles. The molecular formula is C11H18N4O3. The molecule has 1 saturated heterocycles. The Bertz CT molecular complexity index is 407. The number of hydrogen-bond acceptors (Lipinski definition) is 5. The maximum absolute atomic E-state index is 12.0. The first kappa shape index (κ1) is 12.8. The van der Waals surface area contributed by atoms with Crippen LogP contribution in [0, 0.1) is 5.92 Å². The van der Waals surface area contributed by atoms with Gasteiger partial charge in [0.1, 0.15) is 0 Å². The van der Waals surface area contributed by atoms with Gasteiger partial charge in [-0.05, 0) is 19.8 Å². The fourth-order valence-electron chi connectivity index (χ4n) is 2.06. The largest absolute Gasteiger partial charge is 0.463 e. The molecule has 2 unspecified atom stereocenters. The Kier molecular flexibility index (Phi) is 4.14. The topological polar surface area (TPSA) is 89.1 Å². The van der Waals surface area contributed by atoms with Crippen LogP contribution in [0.5, 0.6) is 6.01 Å². The number of carbonyl (C=O) groups is 1. The Balaban J connectivity index is 1.93. The van der Waals surface area contributed by atoms with Gasteiger partial charge in [-0.3, -0.25) is 10.1 Å².